The van der Waals surface area contributed by atoms with Crippen LogP contribution in [0, 0.1) is 11.8 Å². The van der Waals surface area contributed by atoms with Gasteiger partial charge in [0.25, 0.3) is 0 Å². The topological polar surface area (TPSA) is 98.8 Å². The molecule has 1 aromatic heterocycles. The molecule has 3 N–H and O–H groups in total. The second kappa shape index (κ2) is 15.3. The van der Waals surface area contributed by atoms with Crippen molar-refractivity contribution in [3.05, 3.63) is 48.2 Å². The Bertz CT molecular complexity index is 1530. The number of anilines is 2. The van der Waals surface area contributed by atoms with Crippen molar-refractivity contribution in [2.45, 2.75) is 43.1 Å². The lowest BCUT2D eigenvalue weighted by atomic mass is 10.1. The molecular formula is C30H38F4N4O4S. The van der Waals surface area contributed by atoms with Crippen LogP contribution >= 0.6 is 0 Å². The average molecular weight is 627 g/mol. The molecule has 1 aliphatic rings. The molecule has 0 aliphatic carbocycles. The van der Waals surface area contributed by atoms with Crippen LogP contribution in [0.3, 0.4) is 0 Å². The summed E-state index contributed by atoms with van der Waals surface area (Å²) in [6.07, 6.45) is -1.15. The van der Waals surface area contributed by atoms with Gasteiger partial charge in [0.2, 0.25) is 0 Å². The van der Waals surface area contributed by atoms with Gasteiger partial charge in [-0.1, -0.05) is 12.0 Å². The lowest BCUT2D eigenvalue weighted by molar-refractivity contribution is -0.140. The van der Waals surface area contributed by atoms with Crippen molar-refractivity contribution in [3.8, 4) is 17.6 Å². The van der Waals surface area contributed by atoms with E-state index >= 15 is 0 Å². The number of nitrogens with one attached hydrogen (secondary N) is 1. The number of fused-ring (bicyclic) bond motifs is 1. The molecule has 0 saturated carbocycles. The molecular weight excluding hydrogens is 588 g/mol. The number of sulfone groups is 1. The van der Waals surface area contributed by atoms with Crippen molar-refractivity contribution in [3.63, 3.8) is 0 Å². The number of rotatable bonds is 9. The molecule has 2 aromatic carbocycles. The molecule has 43 heavy (non-hydrogen) atoms. The summed E-state index contributed by atoms with van der Waals surface area (Å²) < 4.78 is 86.6. The zero-order chi connectivity index (χ0) is 31.6. The Morgan fingerprint density at radius 3 is 2.58 bits per heavy atom. The number of likely N-dealkylation sites (tertiary alicyclic amines) is 1. The van der Waals surface area contributed by atoms with Crippen LogP contribution in [-0.4, -0.2) is 83.5 Å². The Labute approximate surface area is 250 Å². The molecule has 1 saturated heterocycles. The Morgan fingerprint density at radius 2 is 1.93 bits per heavy atom. The van der Waals surface area contributed by atoms with Crippen LogP contribution in [0.2, 0.25) is 0 Å². The van der Waals surface area contributed by atoms with Gasteiger partial charge in [-0.2, -0.15) is 13.2 Å². The lowest BCUT2D eigenvalue weighted by Gasteiger charge is -2.28. The molecule has 236 valence electrons. The largest absolute Gasteiger partial charge is 0.495 e. The number of alkyl halides is 4. The van der Waals surface area contributed by atoms with Crippen molar-refractivity contribution in [1.82, 2.24) is 9.47 Å². The number of hydrogen-bond acceptors (Lipinski definition) is 7. The van der Waals surface area contributed by atoms with Crippen LogP contribution in [0.15, 0.2) is 47.4 Å². The fourth-order valence-electron chi connectivity index (χ4n) is 4.72. The van der Waals surface area contributed by atoms with Crippen LogP contribution < -0.4 is 15.8 Å². The minimum atomic E-state index is -4.42. The van der Waals surface area contributed by atoms with Gasteiger partial charge in [0.15, 0.2) is 9.84 Å². The van der Waals surface area contributed by atoms with Gasteiger partial charge in [0.05, 0.1) is 35.4 Å². The molecule has 1 unspecified atom stereocenters. The highest BCUT2D eigenvalue weighted by Gasteiger charge is 2.29. The highest BCUT2D eigenvalue weighted by Crippen LogP contribution is 2.29. The lowest BCUT2D eigenvalue weighted by Crippen LogP contribution is -2.37. The number of benzene rings is 2. The molecule has 0 amide bonds. The van der Waals surface area contributed by atoms with E-state index in [2.05, 4.69) is 22.1 Å². The van der Waals surface area contributed by atoms with E-state index in [1.807, 2.05) is 0 Å². The highest BCUT2D eigenvalue weighted by atomic mass is 32.2. The summed E-state index contributed by atoms with van der Waals surface area (Å²) in [7, 11) is -0.287. The van der Waals surface area contributed by atoms with Gasteiger partial charge in [-0.3, -0.25) is 0 Å². The van der Waals surface area contributed by atoms with Gasteiger partial charge < -0.3 is 30.0 Å². The van der Waals surface area contributed by atoms with E-state index < -0.39 is 28.7 Å². The zero-order valence-electron chi connectivity index (χ0n) is 24.5. The molecule has 1 fully saturated rings. The van der Waals surface area contributed by atoms with Crippen molar-refractivity contribution < 1.29 is 35.5 Å². The summed E-state index contributed by atoms with van der Waals surface area (Å²) in [6.45, 7) is 2.37. The predicted molar refractivity (Wildman–Crippen MR) is 161 cm³/mol. The number of nitrogens with zero attached hydrogens (tertiary/aromatic N) is 2. The summed E-state index contributed by atoms with van der Waals surface area (Å²) in [6, 6.07) is 10.7. The van der Waals surface area contributed by atoms with Gasteiger partial charge in [-0.05, 0) is 62.1 Å². The number of nitrogen functional groups attached to an aromatic ring is 1. The fraction of sp³-hybridized carbons (Fsp3) is 0.467. The molecule has 0 bridgehead atoms. The first-order chi connectivity index (χ1) is 20.3. The standard InChI is InChI=1S/C21H20F3N3O3S.C9H18FNO/c1-30-20-12-15(31(2,28)29)8-9-18(20)26-10-4-5-14-11-16-17(25)6-3-7-19(16)27(14)13-21(22,23)24;1-12-7-3-6-11-5-2-4-9(10)8-11/h3,6-9,11-12,26H,10,13,25H2,1-2H3;9H,2-8H2,1H3. The smallest absolute Gasteiger partial charge is 0.406 e. The summed E-state index contributed by atoms with van der Waals surface area (Å²) in [5, 5.41) is 3.48. The molecule has 4 rings (SSSR count). The Hall–Kier alpha value is -3.47. The van der Waals surface area contributed by atoms with Gasteiger partial charge in [-0.25, -0.2) is 12.8 Å². The van der Waals surface area contributed by atoms with Gasteiger partial charge in [0.1, 0.15) is 18.5 Å². The number of nitrogens with two attached hydrogens (primary N) is 1. The SMILES string of the molecule is COCCCN1CCCC(F)C1.COc1cc(S(C)(=O)=O)ccc1NCC#Cc1cc2c(N)cccc2n1CC(F)(F)F. The number of piperidine rings is 1. The molecule has 0 spiro atoms. The molecule has 2 heterocycles. The normalized spacial score (nSPS) is 15.7. The molecule has 3 aromatic rings. The third-order valence-corrected chi connectivity index (χ3v) is 7.88. The minimum absolute atomic E-state index is 0.0948. The second-order valence-corrected chi connectivity index (χ2v) is 12.2. The van der Waals surface area contributed by atoms with Crippen LogP contribution in [0.1, 0.15) is 25.0 Å². The van der Waals surface area contributed by atoms with Crippen molar-refractivity contribution in [1.29, 1.82) is 0 Å². The predicted octanol–water partition coefficient (Wildman–Crippen LogP) is 5.12. The van der Waals surface area contributed by atoms with Crippen LogP contribution in [0.5, 0.6) is 5.75 Å². The summed E-state index contributed by atoms with van der Waals surface area (Å²) >= 11 is 0. The first-order valence-corrected chi connectivity index (χ1v) is 15.6. The summed E-state index contributed by atoms with van der Waals surface area (Å²) in [5.74, 6) is 5.85. The van der Waals surface area contributed by atoms with E-state index in [0.29, 0.717) is 34.6 Å². The molecule has 13 heteroatoms. The summed E-state index contributed by atoms with van der Waals surface area (Å²) in [4.78, 5) is 2.29. The first-order valence-electron chi connectivity index (χ1n) is 13.7. The highest BCUT2D eigenvalue weighted by molar-refractivity contribution is 7.90. The Kier molecular flexibility index (Phi) is 12.1. The Morgan fingerprint density at radius 1 is 1.16 bits per heavy atom. The number of halogens is 4. The number of aromatic nitrogens is 1. The van der Waals surface area contributed by atoms with E-state index in [9.17, 15) is 26.0 Å². The van der Waals surface area contributed by atoms with Gasteiger partial charge in [0, 0.05) is 50.2 Å². The average Bonchev–Trinajstić information content (AvgIpc) is 3.28. The van der Waals surface area contributed by atoms with E-state index in [4.69, 9.17) is 15.2 Å². The number of hydrogen-bond donors (Lipinski definition) is 2. The Balaban J connectivity index is 0.000000353. The fourth-order valence-corrected chi connectivity index (χ4v) is 5.35. The maximum Gasteiger partial charge on any atom is 0.406 e. The monoisotopic (exact) mass is 626 g/mol. The third kappa shape index (κ3) is 10.3. The van der Waals surface area contributed by atoms with Crippen molar-refractivity contribution in [2.75, 3.05) is 64.3 Å². The maximum atomic E-state index is 13.1. The van der Waals surface area contributed by atoms with Gasteiger partial charge >= 0.3 is 6.18 Å². The first kappa shape index (κ1) is 34.0. The van der Waals surface area contributed by atoms with Crippen LogP contribution in [0.4, 0.5) is 28.9 Å². The maximum absolute atomic E-state index is 13.1. The quantitative estimate of drug-likeness (QED) is 0.147. The summed E-state index contributed by atoms with van der Waals surface area (Å²) in [5.41, 5.74) is 7.31. The molecule has 0 radical (unpaired) electrons. The van der Waals surface area contributed by atoms with E-state index in [0.717, 1.165) is 49.8 Å². The molecule has 1 aliphatic heterocycles. The second-order valence-electron chi connectivity index (χ2n) is 10.2. The third-order valence-electron chi connectivity index (χ3n) is 6.77. The zero-order valence-corrected chi connectivity index (χ0v) is 25.3. The van der Waals surface area contributed by atoms with Crippen molar-refractivity contribution >= 4 is 32.1 Å². The van der Waals surface area contributed by atoms with E-state index in [1.165, 1.54) is 31.4 Å². The minimum Gasteiger partial charge on any atom is -0.495 e. The van der Waals surface area contributed by atoms with E-state index in [-0.39, 0.29) is 17.1 Å². The number of methoxy groups -OCH3 is 2. The van der Waals surface area contributed by atoms with E-state index in [1.54, 1.807) is 25.3 Å². The molecule has 1 atom stereocenters. The van der Waals surface area contributed by atoms with Crippen molar-refractivity contribution in [2.24, 2.45) is 0 Å². The number of ether oxygens (including phenoxy) is 2. The van der Waals surface area contributed by atoms with Crippen LogP contribution in [0.25, 0.3) is 10.9 Å². The van der Waals surface area contributed by atoms with Crippen LogP contribution in [-0.2, 0) is 21.1 Å². The molecule has 8 nitrogen and oxygen atoms in total. The van der Waals surface area contributed by atoms with Gasteiger partial charge in [-0.15, -0.1) is 0 Å².